The highest BCUT2D eigenvalue weighted by molar-refractivity contribution is 7.98. The van der Waals surface area contributed by atoms with E-state index in [4.69, 9.17) is 9.40 Å². The van der Waals surface area contributed by atoms with Crippen LogP contribution < -0.4 is 5.56 Å². The number of aromatic nitrogens is 5. The summed E-state index contributed by atoms with van der Waals surface area (Å²) in [5, 5.41) is 9.49. The Morgan fingerprint density at radius 2 is 2.03 bits per heavy atom. The molecule has 30 heavy (non-hydrogen) atoms. The molecule has 0 saturated carbocycles. The van der Waals surface area contributed by atoms with Gasteiger partial charge in [-0.2, -0.15) is 0 Å². The van der Waals surface area contributed by atoms with Gasteiger partial charge in [-0.15, -0.1) is 10.2 Å². The number of thioether (sulfide) groups is 1. The smallest absolute Gasteiger partial charge is 0.259 e. The molecule has 0 N–H and O–H groups in total. The first-order chi connectivity index (χ1) is 14.6. The highest BCUT2D eigenvalue weighted by Gasteiger charge is 2.18. The van der Waals surface area contributed by atoms with Gasteiger partial charge in [-0.1, -0.05) is 49.1 Å². The lowest BCUT2D eigenvalue weighted by Gasteiger charge is -2.11. The maximum Gasteiger partial charge on any atom is 0.259 e. The van der Waals surface area contributed by atoms with Gasteiger partial charge < -0.3 is 4.42 Å². The minimum absolute atomic E-state index is 0.0621. The number of rotatable bonds is 6. The second-order valence-electron chi connectivity index (χ2n) is 7.35. The van der Waals surface area contributed by atoms with Crippen LogP contribution in [0.4, 0.5) is 0 Å². The third-order valence-electron chi connectivity index (χ3n) is 4.60. The van der Waals surface area contributed by atoms with E-state index in [9.17, 15) is 4.79 Å². The third-order valence-corrected chi connectivity index (χ3v) is 6.63. The van der Waals surface area contributed by atoms with Crippen LogP contribution in [0.1, 0.15) is 19.5 Å². The Bertz CT molecular complexity index is 1380. The first-order valence-corrected chi connectivity index (χ1v) is 11.4. The zero-order valence-electron chi connectivity index (χ0n) is 16.5. The minimum Gasteiger partial charge on any atom is -0.461 e. The van der Waals surface area contributed by atoms with Gasteiger partial charge in [0, 0.05) is 18.4 Å². The SMILES string of the molecule is CC(C)Cn1c(SCc2cc(=O)n3c(n2)sc2ccccc23)nnc1-c1ccco1. The molecule has 4 aromatic heterocycles. The van der Waals surface area contributed by atoms with Crippen molar-refractivity contribution in [1.82, 2.24) is 24.1 Å². The Morgan fingerprint density at radius 3 is 2.83 bits per heavy atom. The highest BCUT2D eigenvalue weighted by Crippen LogP contribution is 2.28. The van der Waals surface area contributed by atoms with Crippen LogP contribution in [-0.2, 0) is 12.3 Å². The average Bonchev–Trinajstić information content (AvgIpc) is 3.44. The van der Waals surface area contributed by atoms with Gasteiger partial charge in [0.15, 0.2) is 21.7 Å². The molecule has 0 radical (unpaired) electrons. The molecule has 5 aromatic rings. The maximum atomic E-state index is 12.7. The molecular formula is C21H19N5O2S2. The van der Waals surface area contributed by atoms with E-state index in [1.165, 1.54) is 23.1 Å². The van der Waals surface area contributed by atoms with E-state index in [2.05, 4.69) is 28.6 Å². The van der Waals surface area contributed by atoms with Crippen molar-refractivity contribution in [2.45, 2.75) is 31.3 Å². The molecule has 1 aromatic carbocycles. The summed E-state index contributed by atoms with van der Waals surface area (Å²) < 4.78 is 10.3. The zero-order valence-corrected chi connectivity index (χ0v) is 18.1. The van der Waals surface area contributed by atoms with Crippen LogP contribution in [0.25, 0.3) is 26.8 Å². The lowest BCUT2D eigenvalue weighted by Crippen LogP contribution is -2.13. The summed E-state index contributed by atoms with van der Waals surface area (Å²) in [6, 6.07) is 13.2. The standard InChI is InChI=1S/C21H19N5O2S2/c1-13(2)11-25-19(16-7-5-9-28-16)23-24-21(25)29-12-14-10-18(27)26-15-6-3-4-8-17(15)30-20(26)22-14/h3-10,13H,11-12H2,1-2H3. The topological polar surface area (TPSA) is 78.2 Å². The molecule has 7 nitrogen and oxygen atoms in total. The summed E-state index contributed by atoms with van der Waals surface area (Å²) in [6.45, 7) is 5.08. The molecule has 152 valence electrons. The monoisotopic (exact) mass is 437 g/mol. The molecule has 9 heteroatoms. The molecule has 0 aliphatic heterocycles. The fourth-order valence-corrected chi connectivity index (χ4v) is 5.24. The van der Waals surface area contributed by atoms with Gasteiger partial charge in [0.1, 0.15) is 0 Å². The second-order valence-corrected chi connectivity index (χ2v) is 9.30. The van der Waals surface area contributed by atoms with Crippen molar-refractivity contribution in [3.05, 3.63) is 64.8 Å². The number of hydrogen-bond acceptors (Lipinski definition) is 7. The molecule has 4 heterocycles. The van der Waals surface area contributed by atoms with Crippen molar-refractivity contribution >= 4 is 38.3 Å². The van der Waals surface area contributed by atoms with Gasteiger partial charge in [-0.3, -0.25) is 13.8 Å². The Balaban J connectivity index is 1.47. The van der Waals surface area contributed by atoms with Crippen LogP contribution in [0, 0.1) is 5.92 Å². The van der Waals surface area contributed by atoms with Crippen molar-refractivity contribution in [3.8, 4) is 11.6 Å². The number of fused-ring (bicyclic) bond motifs is 3. The van der Waals surface area contributed by atoms with E-state index < -0.39 is 0 Å². The van der Waals surface area contributed by atoms with Crippen molar-refractivity contribution in [1.29, 1.82) is 0 Å². The van der Waals surface area contributed by atoms with E-state index in [0.717, 1.165) is 27.6 Å². The fraction of sp³-hybridized carbons (Fsp3) is 0.238. The molecule has 0 aliphatic carbocycles. The van der Waals surface area contributed by atoms with Crippen LogP contribution in [0.2, 0.25) is 0 Å². The van der Waals surface area contributed by atoms with Crippen molar-refractivity contribution in [3.63, 3.8) is 0 Å². The van der Waals surface area contributed by atoms with Crippen LogP contribution in [0.15, 0.2) is 63.1 Å². The van der Waals surface area contributed by atoms with Gasteiger partial charge in [-0.25, -0.2) is 4.98 Å². The minimum atomic E-state index is -0.0621. The van der Waals surface area contributed by atoms with Crippen LogP contribution >= 0.6 is 23.1 Å². The molecule has 0 spiro atoms. The molecular weight excluding hydrogens is 418 g/mol. The van der Waals surface area contributed by atoms with Crippen LogP contribution in [0.3, 0.4) is 0 Å². The molecule has 0 fully saturated rings. The predicted octanol–water partition coefficient (Wildman–Crippen LogP) is 4.71. The number of para-hydroxylation sites is 1. The summed E-state index contributed by atoms with van der Waals surface area (Å²) in [6.07, 6.45) is 1.63. The first kappa shape index (κ1) is 19.1. The Kier molecular flexibility index (Phi) is 4.92. The van der Waals surface area contributed by atoms with Crippen LogP contribution in [-0.4, -0.2) is 24.1 Å². The van der Waals surface area contributed by atoms with Gasteiger partial charge >= 0.3 is 0 Å². The molecule has 0 amide bonds. The first-order valence-electron chi connectivity index (χ1n) is 9.60. The molecule has 0 atom stereocenters. The Hall–Kier alpha value is -2.91. The van der Waals surface area contributed by atoms with Crippen LogP contribution in [0.5, 0.6) is 0 Å². The lowest BCUT2D eigenvalue weighted by molar-refractivity contribution is 0.489. The summed E-state index contributed by atoms with van der Waals surface area (Å²) in [5.41, 5.74) is 1.57. The number of benzene rings is 1. The molecule has 0 saturated heterocycles. The average molecular weight is 438 g/mol. The number of nitrogens with zero attached hydrogens (tertiary/aromatic N) is 5. The van der Waals surface area contributed by atoms with Gasteiger partial charge in [0.05, 0.1) is 22.2 Å². The summed E-state index contributed by atoms with van der Waals surface area (Å²) in [5.74, 6) is 2.36. The number of thiazole rings is 1. The Morgan fingerprint density at radius 1 is 1.17 bits per heavy atom. The molecule has 0 unspecified atom stereocenters. The largest absolute Gasteiger partial charge is 0.461 e. The number of furan rings is 1. The van der Waals surface area contributed by atoms with E-state index in [1.807, 2.05) is 36.4 Å². The molecule has 0 aliphatic rings. The normalized spacial score (nSPS) is 11.8. The molecule has 0 bridgehead atoms. The van der Waals surface area contributed by atoms with E-state index >= 15 is 0 Å². The fourth-order valence-electron chi connectivity index (χ4n) is 3.35. The van der Waals surface area contributed by atoms with E-state index in [-0.39, 0.29) is 5.56 Å². The number of hydrogen-bond donors (Lipinski definition) is 0. The predicted molar refractivity (Wildman–Crippen MR) is 119 cm³/mol. The lowest BCUT2D eigenvalue weighted by atomic mass is 10.2. The maximum absolute atomic E-state index is 12.7. The van der Waals surface area contributed by atoms with E-state index in [1.54, 1.807) is 16.7 Å². The third kappa shape index (κ3) is 3.44. The van der Waals surface area contributed by atoms with E-state index in [0.29, 0.717) is 28.2 Å². The quantitative estimate of drug-likeness (QED) is 0.358. The van der Waals surface area contributed by atoms with Crippen molar-refractivity contribution in [2.24, 2.45) is 5.92 Å². The summed E-state index contributed by atoms with van der Waals surface area (Å²) in [7, 11) is 0. The van der Waals surface area contributed by atoms with Gasteiger partial charge in [-0.05, 0) is 30.2 Å². The summed E-state index contributed by atoms with van der Waals surface area (Å²) >= 11 is 3.05. The highest BCUT2D eigenvalue weighted by atomic mass is 32.2. The van der Waals surface area contributed by atoms with Gasteiger partial charge in [0.2, 0.25) is 0 Å². The zero-order chi connectivity index (χ0) is 20.7. The van der Waals surface area contributed by atoms with Gasteiger partial charge in [0.25, 0.3) is 5.56 Å². The summed E-state index contributed by atoms with van der Waals surface area (Å²) in [4.78, 5) is 18.2. The second kappa shape index (κ2) is 7.73. The molecule has 5 rings (SSSR count). The van der Waals surface area contributed by atoms with Crippen molar-refractivity contribution in [2.75, 3.05) is 0 Å². The Labute approximate surface area is 180 Å². The van der Waals surface area contributed by atoms with Crippen molar-refractivity contribution < 1.29 is 4.42 Å².